The van der Waals surface area contributed by atoms with Crippen LogP contribution in [0.2, 0.25) is 0 Å². The fraction of sp³-hybridized carbons (Fsp3) is 0.636. The van der Waals surface area contributed by atoms with E-state index in [1.165, 1.54) is 0 Å². The van der Waals surface area contributed by atoms with E-state index >= 15 is 0 Å². The number of rotatable bonds is 3. The molecule has 1 N–H and O–H groups in total. The summed E-state index contributed by atoms with van der Waals surface area (Å²) in [6.07, 6.45) is 0.692. The Morgan fingerprint density at radius 3 is 2.82 bits per heavy atom. The molecule has 1 fully saturated rings. The van der Waals surface area contributed by atoms with Gasteiger partial charge in [-0.25, -0.2) is 4.98 Å². The van der Waals surface area contributed by atoms with Gasteiger partial charge < -0.3 is 10.0 Å². The monoisotopic (exact) mass is 318 g/mol. The van der Waals surface area contributed by atoms with Gasteiger partial charge in [-0.2, -0.15) is 0 Å². The van der Waals surface area contributed by atoms with Crippen LogP contribution in [0.3, 0.4) is 0 Å². The summed E-state index contributed by atoms with van der Waals surface area (Å²) in [4.78, 5) is 17.9. The van der Waals surface area contributed by atoms with Crippen LogP contribution in [0.15, 0.2) is 9.98 Å². The maximum Gasteiger partial charge on any atom is 0.311 e. The SMILES string of the molecule is CC(C)C1(C(=O)O)CCN(c2nc(Br)cs2)C1. The van der Waals surface area contributed by atoms with Gasteiger partial charge in [-0.3, -0.25) is 4.79 Å². The minimum atomic E-state index is -0.689. The Kier molecular flexibility index (Phi) is 3.45. The first kappa shape index (κ1) is 12.8. The normalized spacial score (nSPS) is 24.6. The van der Waals surface area contributed by atoms with Crippen LogP contribution in [-0.4, -0.2) is 29.1 Å². The fourth-order valence-electron chi connectivity index (χ4n) is 2.28. The van der Waals surface area contributed by atoms with Crippen molar-refractivity contribution in [2.75, 3.05) is 18.0 Å². The van der Waals surface area contributed by atoms with Crippen LogP contribution in [0, 0.1) is 11.3 Å². The number of hydrogen-bond donors (Lipinski definition) is 1. The zero-order valence-electron chi connectivity index (χ0n) is 9.81. The average Bonchev–Trinajstić information content (AvgIpc) is 2.83. The first-order valence-electron chi connectivity index (χ1n) is 5.55. The van der Waals surface area contributed by atoms with Gasteiger partial charge in [0.1, 0.15) is 4.60 Å². The summed E-state index contributed by atoms with van der Waals surface area (Å²) in [5.74, 6) is -0.556. The summed E-state index contributed by atoms with van der Waals surface area (Å²) < 4.78 is 0.815. The molecule has 1 aromatic rings. The van der Waals surface area contributed by atoms with E-state index in [0.29, 0.717) is 13.0 Å². The number of hydrogen-bond acceptors (Lipinski definition) is 4. The van der Waals surface area contributed by atoms with Gasteiger partial charge in [-0.1, -0.05) is 13.8 Å². The van der Waals surface area contributed by atoms with E-state index in [-0.39, 0.29) is 5.92 Å². The molecule has 1 atom stereocenters. The largest absolute Gasteiger partial charge is 0.481 e. The van der Waals surface area contributed by atoms with Crippen LogP contribution in [-0.2, 0) is 4.79 Å². The van der Waals surface area contributed by atoms with E-state index in [1.54, 1.807) is 11.3 Å². The highest BCUT2D eigenvalue weighted by molar-refractivity contribution is 9.10. The van der Waals surface area contributed by atoms with Gasteiger partial charge in [-0.05, 0) is 28.3 Å². The second kappa shape index (κ2) is 4.57. The lowest BCUT2D eigenvalue weighted by molar-refractivity contribution is -0.150. The smallest absolute Gasteiger partial charge is 0.311 e. The van der Waals surface area contributed by atoms with Gasteiger partial charge in [-0.15, -0.1) is 11.3 Å². The van der Waals surface area contributed by atoms with Crippen molar-refractivity contribution in [3.8, 4) is 0 Å². The molecule has 0 aliphatic carbocycles. The fourth-order valence-corrected chi connectivity index (χ4v) is 3.56. The molecular formula is C11H15BrN2O2S. The van der Waals surface area contributed by atoms with Crippen molar-refractivity contribution in [2.45, 2.75) is 20.3 Å². The van der Waals surface area contributed by atoms with Crippen LogP contribution < -0.4 is 4.90 Å². The Labute approximate surface area is 113 Å². The molecule has 0 aromatic carbocycles. The van der Waals surface area contributed by atoms with E-state index in [1.807, 2.05) is 19.2 Å². The third-order valence-corrected chi connectivity index (χ3v) is 5.18. The Morgan fingerprint density at radius 1 is 1.71 bits per heavy atom. The van der Waals surface area contributed by atoms with Crippen LogP contribution >= 0.6 is 27.3 Å². The van der Waals surface area contributed by atoms with Crippen molar-refractivity contribution in [1.29, 1.82) is 0 Å². The molecule has 2 rings (SSSR count). The predicted octanol–water partition coefficient (Wildman–Crippen LogP) is 2.84. The highest BCUT2D eigenvalue weighted by Gasteiger charge is 2.47. The summed E-state index contributed by atoms with van der Waals surface area (Å²) in [7, 11) is 0. The Balaban J connectivity index is 2.20. The van der Waals surface area contributed by atoms with E-state index in [2.05, 4.69) is 25.8 Å². The van der Waals surface area contributed by atoms with Crippen molar-refractivity contribution in [1.82, 2.24) is 4.98 Å². The number of carboxylic acids is 1. The summed E-state index contributed by atoms with van der Waals surface area (Å²) in [5, 5.41) is 12.3. The van der Waals surface area contributed by atoms with Gasteiger partial charge in [0.2, 0.25) is 0 Å². The molecule has 0 radical (unpaired) electrons. The van der Waals surface area contributed by atoms with Crippen LogP contribution in [0.25, 0.3) is 0 Å². The molecule has 1 aliphatic heterocycles. The highest BCUT2D eigenvalue weighted by Crippen LogP contribution is 2.40. The van der Waals surface area contributed by atoms with Crippen molar-refractivity contribution >= 4 is 38.4 Å². The molecule has 1 aromatic heterocycles. The predicted molar refractivity (Wildman–Crippen MR) is 71.6 cm³/mol. The molecule has 0 amide bonds. The standard InChI is InChI=1S/C11H15BrN2O2S/c1-7(2)11(9(15)16)3-4-14(6-11)10-13-8(12)5-17-10/h5,7H,3-4,6H2,1-2H3,(H,15,16). The van der Waals surface area contributed by atoms with Gasteiger partial charge in [0.25, 0.3) is 0 Å². The second-order valence-corrected chi connectivity index (χ2v) is 6.39. The molecule has 17 heavy (non-hydrogen) atoms. The van der Waals surface area contributed by atoms with Gasteiger partial charge in [0.15, 0.2) is 5.13 Å². The van der Waals surface area contributed by atoms with E-state index in [9.17, 15) is 9.90 Å². The quantitative estimate of drug-likeness (QED) is 0.931. The topological polar surface area (TPSA) is 53.4 Å². The maximum absolute atomic E-state index is 11.5. The number of aromatic nitrogens is 1. The first-order chi connectivity index (χ1) is 7.95. The lowest BCUT2D eigenvalue weighted by Crippen LogP contribution is -2.39. The van der Waals surface area contributed by atoms with Crippen molar-refractivity contribution in [3.63, 3.8) is 0 Å². The molecular weight excluding hydrogens is 304 g/mol. The Bertz CT molecular complexity index is 435. The van der Waals surface area contributed by atoms with Gasteiger partial charge in [0.05, 0.1) is 5.41 Å². The third-order valence-electron chi connectivity index (χ3n) is 3.57. The first-order valence-corrected chi connectivity index (χ1v) is 7.22. The summed E-state index contributed by atoms with van der Waals surface area (Å²) >= 11 is 4.87. The van der Waals surface area contributed by atoms with E-state index < -0.39 is 11.4 Å². The van der Waals surface area contributed by atoms with E-state index in [4.69, 9.17) is 0 Å². The molecule has 0 saturated carbocycles. The highest BCUT2D eigenvalue weighted by atomic mass is 79.9. The Morgan fingerprint density at radius 2 is 2.41 bits per heavy atom. The second-order valence-electron chi connectivity index (χ2n) is 4.74. The molecule has 2 heterocycles. The molecule has 0 bridgehead atoms. The molecule has 4 nitrogen and oxygen atoms in total. The van der Waals surface area contributed by atoms with Crippen molar-refractivity contribution < 1.29 is 9.90 Å². The zero-order valence-corrected chi connectivity index (χ0v) is 12.2. The molecule has 1 saturated heterocycles. The van der Waals surface area contributed by atoms with Crippen LogP contribution in [0.1, 0.15) is 20.3 Å². The summed E-state index contributed by atoms with van der Waals surface area (Å²) in [6, 6.07) is 0. The number of halogens is 1. The van der Waals surface area contributed by atoms with Crippen molar-refractivity contribution in [3.05, 3.63) is 9.98 Å². The molecule has 6 heteroatoms. The number of thiazole rings is 1. The minimum absolute atomic E-state index is 0.133. The number of anilines is 1. The molecule has 1 aliphatic rings. The lowest BCUT2D eigenvalue weighted by Gasteiger charge is -2.28. The van der Waals surface area contributed by atoms with Gasteiger partial charge >= 0.3 is 5.97 Å². The molecule has 0 spiro atoms. The van der Waals surface area contributed by atoms with Crippen LogP contribution in [0.5, 0.6) is 0 Å². The number of carbonyl (C=O) groups is 1. The molecule has 94 valence electrons. The summed E-state index contributed by atoms with van der Waals surface area (Å²) in [5.41, 5.74) is -0.627. The average molecular weight is 319 g/mol. The zero-order chi connectivity index (χ0) is 12.6. The number of aliphatic carboxylic acids is 1. The minimum Gasteiger partial charge on any atom is -0.481 e. The van der Waals surface area contributed by atoms with Crippen molar-refractivity contribution in [2.24, 2.45) is 11.3 Å². The molecule has 1 unspecified atom stereocenters. The number of nitrogens with zero attached hydrogens (tertiary/aromatic N) is 2. The lowest BCUT2D eigenvalue weighted by atomic mass is 9.76. The van der Waals surface area contributed by atoms with Crippen LogP contribution in [0.4, 0.5) is 5.13 Å². The van der Waals surface area contributed by atoms with Gasteiger partial charge in [0, 0.05) is 18.5 Å². The third kappa shape index (κ3) is 2.20. The maximum atomic E-state index is 11.5. The number of carboxylic acid groups (broad SMARTS) is 1. The summed E-state index contributed by atoms with van der Waals surface area (Å²) in [6.45, 7) is 5.29. The van der Waals surface area contributed by atoms with E-state index in [0.717, 1.165) is 16.3 Å². The Hall–Kier alpha value is -0.620.